The van der Waals surface area contributed by atoms with E-state index in [-0.39, 0.29) is 24.1 Å². The predicted molar refractivity (Wildman–Crippen MR) is 104 cm³/mol. The van der Waals surface area contributed by atoms with Gasteiger partial charge in [-0.3, -0.25) is 14.4 Å². The maximum atomic E-state index is 12.8. The fraction of sp³-hybridized carbons (Fsp3) is 0.250. The fourth-order valence-corrected chi connectivity index (χ4v) is 3.07. The Morgan fingerprint density at radius 3 is 2.48 bits per heavy atom. The van der Waals surface area contributed by atoms with Crippen LogP contribution in [-0.4, -0.2) is 41.8 Å². The number of anilines is 1. The highest BCUT2D eigenvalue weighted by Gasteiger charge is 2.35. The number of aryl methyl sites for hydroxylation is 1. The number of hydrogen-bond donors (Lipinski definition) is 2. The van der Waals surface area contributed by atoms with Crippen molar-refractivity contribution in [3.05, 3.63) is 64.7 Å². The molecule has 0 saturated carbocycles. The molecule has 1 aliphatic rings. The first-order valence-corrected chi connectivity index (χ1v) is 9.02. The van der Waals surface area contributed by atoms with Crippen molar-refractivity contribution >= 4 is 35.0 Å². The van der Waals surface area contributed by atoms with Crippen LogP contribution in [0.5, 0.6) is 0 Å². The van der Waals surface area contributed by atoms with Gasteiger partial charge in [0, 0.05) is 29.4 Å². The van der Waals surface area contributed by atoms with Gasteiger partial charge in [0.25, 0.3) is 5.91 Å². The molecule has 0 radical (unpaired) electrons. The van der Waals surface area contributed by atoms with Crippen molar-refractivity contribution in [1.82, 2.24) is 10.2 Å². The Labute approximate surface area is 162 Å². The van der Waals surface area contributed by atoms with Crippen LogP contribution >= 0.6 is 11.6 Å². The van der Waals surface area contributed by atoms with E-state index in [2.05, 4.69) is 10.6 Å². The Hall–Kier alpha value is -2.86. The van der Waals surface area contributed by atoms with E-state index in [0.29, 0.717) is 29.4 Å². The summed E-state index contributed by atoms with van der Waals surface area (Å²) >= 11 is 5.87. The van der Waals surface area contributed by atoms with E-state index in [1.165, 1.54) is 4.90 Å². The lowest BCUT2D eigenvalue weighted by Crippen LogP contribution is -2.58. The molecule has 1 unspecified atom stereocenters. The molecule has 0 bridgehead atoms. The van der Waals surface area contributed by atoms with Gasteiger partial charge in [0.15, 0.2) is 0 Å². The lowest BCUT2D eigenvalue weighted by molar-refractivity contribution is -0.131. The van der Waals surface area contributed by atoms with Crippen LogP contribution in [0.2, 0.25) is 5.02 Å². The number of carbonyl (C=O) groups is 3. The van der Waals surface area contributed by atoms with Crippen molar-refractivity contribution in [2.24, 2.45) is 0 Å². The van der Waals surface area contributed by atoms with Crippen LogP contribution in [0.15, 0.2) is 48.5 Å². The largest absolute Gasteiger partial charge is 0.353 e. The Morgan fingerprint density at radius 1 is 1.15 bits per heavy atom. The molecule has 7 heteroatoms. The molecule has 27 heavy (non-hydrogen) atoms. The first-order valence-electron chi connectivity index (χ1n) is 8.65. The third-order valence-electron chi connectivity index (χ3n) is 4.40. The Bertz CT molecular complexity index is 850. The quantitative estimate of drug-likeness (QED) is 0.849. The molecule has 1 heterocycles. The number of halogens is 1. The molecule has 1 aliphatic heterocycles. The summed E-state index contributed by atoms with van der Waals surface area (Å²) in [4.78, 5) is 39.0. The molecular weight excluding hydrogens is 366 g/mol. The SMILES string of the molecule is Cc1ccc(NC(=O)CC2C(=O)NCCN2C(=O)c2ccc(Cl)cc2)cc1. The number of nitrogens with zero attached hydrogens (tertiary/aromatic N) is 1. The number of nitrogens with one attached hydrogen (secondary N) is 2. The minimum absolute atomic E-state index is 0.112. The van der Waals surface area contributed by atoms with E-state index < -0.39 is 6.04 Å². The van der Waals surface area contributed by atoms with Gasteiger partial charge in [0.05, 0.1) is 6.42 Å². The van der Waals surface area contributed by atoms with Crippen LogP contribution in [0.1, 0.15) is 22.3 Å². The summed E-state index contributed by atoms with van der Waals surface area (Å²) in [5.41, 5.74) is 2.16. The summed E-state index contributed by atoms with van der Waals surface area (Å²) in [5, 5.41) is 6.01. The van der Waals surface area contributed by atoms with Crippen LogP contribution in [0.3, 0.4) is 0 Å². The van der Waals surface area contributed by atoms with Crippen LogP contribution in [0.4, 0.5) is 5.69 Å². The molecule has 0 aromatic heterocycles. The molecular formula is C20H20ClN3O3. The van der Waals surface area contributed by atoms with E-state index in [1.807, 2.05) is 19.1 Å². The zero-order valence-electron chi connectivity index (χ0n) is 14.9. The standard InChI is InChI=1S/C20H20ClN3O3/c1-13-2-8-16(9-3-13)23-18(25)12-17-19(26)22-10-11-24(17)20(27)14-4-6-15(21)7-5-14/h2-9,17H,10-12H2,1H3,(H,22,26)(H,23,25). The van der Waals surface area contributed by atoms with Crippen LogP contribution < -0.4 is 10.6 Å². The van der Waals surface area contributed by atoms with Gasteiger partial charge < -0.3 is 15.5 Å². The zero-order valence-corrected chi connectivity index (χ0v) is 15.6. The van der Waals surface area contributed by atoms with Gasteiger partial charge >= 0.3 is 0 Å². The van der Waals surface area contributed by atoms with Gasteiger partial charge in [-0.2, -0.15) is 0 Å². The summed E-state index contributed by atoms with van der Waals surface area (Å²) in [5.74, 6) is -0.952. The number of carbonyl (C=O) groups excluding carboxylic acids is 3. The van der Waals surface area contributed by atoms with Gasteiger partial charge in [-0.25, -0.2) is 0 Å². The molecule has 3 rings (SSSR count). The minimum atomic E-state index is -0.854. The van der Waals surface area contributed by atoms with Crippen molar-refractivity contribution in [2.45, 2.75) is 19.4 Å². The van der Waals surface area contributed by atoms with E-state index in [4.69, 9.17) is 11.6 Å². The highest BCUT2D eigenvalue weighted by molar-refractivity contribution is 6.30. The van der Waals surface area contributed by atoms with Crippen molar-refractivity contribution in [3.63, 3.8) is 0 Å². The number of benzene rings is 2. The molecule has 2 N–H and O–H groups in total. The second kappa shape index (κ2) is 8.22. The van der Waals surface area contributed by atoms with Crippen molar-refractivity contribution < 1.29 is 14.4 Å². The van der Waals surface area contributed by atoms with Gasteiger partial charge in [-0.05, 0) is 43.3 Å². The molecule has 2 aromatic carbocycles. The maximum Gasteiger partial charge on any atom is 0.254 e. The third-order valence-corrected chi connectivity index (χ3v) is 4.65. The molecule has 6 nitrogen and oxygen atoms in total. The molecule has 0 spiro atoms. The van der Waals surface area contributed by atoms with E-state index >= 15 is 0 Å². The monoisotopic (exact) mass is 385 g/mol. The smallest absolute Gasteiger partial charge is 0.254 e. The zero-order chi connectivity index (χ0) is 19.4. The van der Waals surface area contributed by atoms with Crippen molar-refractivity contribution in [3.8, 4) is 0 Å². The van der Waals surface area contributed by atoms with E-state index in [9.17, 15) is 14.4 Å². The first-order chi connectivity index (χ1) is 12.9. The summed E-state index contributed by atoms with van der Waals surface area (Å²) in [6.45, 7) is 2.65. The topological polar surface area (TPSA) is 78.5 Å². The minimum Gasteiger partial charge on any atom is -0.353 e. The summed E-state index contributed by atoms with van der Waals surface area (Å²) < 4.78 is 0. The number of piperazine rings is 1. The van der Waals surface area contributed by atoms with Gasteiger partial charge in [-0.15, -0.1) is 0 Å². The average Bonchev–Trinajstić information content (AvgIpc) is 2.65. The van der Waals surface area contributed by atoms with Crippen LogP contribution in [0, 0.1) is 6.92 Å². The predicted octanol–water partition coefficient (Wildman–Crippen LogP) is 2.62. The Morgan fingerprint density at radius 2 is 1.81 bits per heavy atom. The summed E-state index contributed by atoms with van der Waals surface area (Å²) in [6, 6.07) is 13.0. The van der Waals surface area contributed by atoms with Crippen molar-refractivity contribution in [1.29, 1.82) is 0 Å². The molecule has 0 aliphatic carbocycles. The van der Waals surface area contributed by atoms with Gasteiger partial charge in [-0.1, -0.05) is 29.3 Å². The molecule has 140 valence electrons. The lowest BCUT2D eigenvalue weighted by atomic mass is 10.1. The first kappa shape index (κ1) is 18.9. The average molecular weight is 386 g/mol. The molecule has 1 fully saturated rings. The maximum absolute atomic E-state index is 12.8. The van der Waals surface area contributed by atoms with Gasteiger partial charge in [0.2, 0.25) is 11.8 Å². The second-order valence-electron chi connectivity index (χ2n) is 6.43. The number of rotatable bonds is 4. The molecule has 1 saturated heterocycles. The van der Waals surface area contributed by atoms with E-state index in [0.717, 1.165) is 5.56 Å². The fourth-order valence-electron chi connectivity index (χ4n) is 2.94. The molecule has 2 aromatic rings. The third kappa shape index (κ3) is 4.65. The summed E-state index contributed by atoms with van der Waals surface area (Å²) in [7, 11) is 0. The summed E-state index contributed by atoms with van der Waals surface area (Å²) in [6.07, 6.45) is -0.112. The second-order valence-corrected chi connectivity index (χ2v) is 6.87. The molecule has 3 amide bonds. The van der Waals surface area contributed by atoms with Crippen LogP contribution in [-0.2, 0) is 9.59 Å². The normalized spacial score (nSPS) is 16.6. The molecule has 1 atom stereocenters. The lowest BCUT2D eigenvalue weighted by Gasteiger charge is -2.34. The number of amides is 3. The van der Waals surface area contributed by atoms with Crippen LogP contribution in [0.25, 0.3) is 0 Å². The number of hydrogen-bond acceptors (Lipinski definition) is 3. The Balaban J connectivity index is 1.72. The highest BCUT2D eigenvalue weighted by Crippen LogP contribution is 2.17. The van der Waals surface area contributed by atoms with Gasteiger partial charge in [0.1, 0.15) is 6.04 Å². The van der Waals surface area contributed by atoms with E-state index in [1.54, 1.807) is 36.4 Å². The van der Waals surface area contributed by atoms with Crippen molar-refractivity contribution in [2.75, 3.05) is 18.4 Å². The Kier molecular flexibility index (Phi) is 5.76. The highest BCUT2D eigenvalue weighted by atomic mass is 35.5.